The van der Waals surface area contributed by atoms with Crippen molar-refractivity contribution in [3.05, 3.63) is 70.8 Å². The molecule has 0 aliphatic carbocycles. The van der Waals surface area contributed by atoms with E-state index in [1.54, 1.807) is 0 Å². The van der Waals surface area contributed by atoms with E-state index in [9.17, 15) is 27.1 Å². The highest BCUT2D eigenvalue weighted by molar-refractivity contribution is 7.88. The number of nitrogens with zero attached hydrogens (tertiary/aromatic N) is 1. The van der Waals surface area contributed by atoms with Crippen LogP contribution in [-0.4, -0.2) is 61.8 Å². The minimum absolute atomic E-state index is 0.0332. The van der Waals surface area contributed by atoms with Crippen molar-refractivity contribution in [3.63, 3.8) is 0 Å². The van der Waals surface area contributed by atoms with Crippen molar-refractivity contribution in [3.8, 4) is 0 Å². The molecule has 1 aliphatic heterocycles. The molecule has 2 atom stereocenters. The van der Waals surface area contributed by atoms with Crippen LogP contribution in [0, 0.1) is 11.6 Å². The normalized spacial score (nSPS) is 18.1. The second kappa shape index (κ2) is 11.8. The zero-order valence-electron chi connectivity index (χ0n) is 22.7. The number of hydrogen-bond donors (Lipinski definition) is 3. The second-order valence-electron chi connectivity index (χ2n) is 11.3. The molecule has 3 rings (SSSR count). The van der Waals surface area contributed by atoms with E-state index in [2.05, 4.69) is 43.5 Å². The predicted molar refractivity (Wildman–Crippen MR) is 144 cm³/mol. The SMILES string of the molecule is CC(=O)N[C@@H](Cc1cc(F)cc(F)c1)[C@@H](O)CNC1(c2cccc(C(C)(C)C)c2)CCN(S(C)(=O)=O)CC1. The van der Waals surface area contributed by atoms with E-state index in [4.69, 9.17) is 0 Å². The number of carbonyl (C=O) groups is 1. The van der Waals surface area contributed by atoms with Crippen LogP contribution in [0.2, 0.25) is 0 Å². The number of piperidine rings is 1. The molecule has 0 unspecified atom stereocenters. The van der Waals surface area contributed by atoms with E-state index in [-0.39, 0.29) is 24.3 Å². The first-order valence-corrected chi connectivity index (χ1v) is 14.7. The lowest BCUT2D eigenvalue weighted by Crippen LogP contribution is -2.56. The first-order valence-electron chi connectivity index (χ1n) is 12.8. The van der Waals surface area contributed by atoms with Crippen molar-refractivity contribution >= 4 is 15.9 Å². The Morgan fingerprint density at radius 3 is 2.24 bits per heavy atom. The lowest BCUT2D eigenvalue weighted by Gasteiger charge is -2.43. The summed E-state index contributed by atoms with van der Waals surface area (Å²) in [6.45, 7) is 8.39. The summed E-state index contributed by atoms with van der Waals surface area (Å²) in [6, 6.07) is 10.5. The largest absolute Gasteiger partial charge is 0.390 e. The molecule has 1 saturated heterocycles. The number of carbonyl (C=O) groups excluding carboxylic acids is 1. The number of amides is 1. The fourth-order valence-corrected chi connectivity index (χ4v) is 5.87. The summed E-state index contributed by atoms with van der Waals surface area (Å²) in [5, 5.41) is 17.3. The lowest BCUT2D eigenvalue weighted by molar-refractivity contribution is -0.120. The van der Waals surface area contributed by atoms with Crippen LogP contribution < -0.4 is 10.6 Å². The molecule has 38 heavy (non-hydrogen) atoms. The molecule has 0 bridgehead atoms. The summed E-state index contributed by atoms with van der Waals surface area (Å²) >= 11 is 0. The molecule has 2 aromatic rings. The topological polar surface area (TPSA) is 98.7 Å². The summed E-state index contributed by atoms with van der Waals surface area (Å²) in [4.78, 5) is 11.9. The number of rotatable bonds is 9. The van der Waals surface area contributed by atoms with E-state index in [1.807, 2.05) is 12.1 Å². The van der Waals surface area contributed by atoms with Gasteiger partial charge in [0.15, 0.2) is 0 Å². The van der Waals surface area contributed by atoms with Crippen molar-refractivity contribution in [2.75, 3.05) is 25.9 Å². The molecule has 3 N–H and O–H groups in total. The van der Waals surface area contributed by atoms with Crippen LogP contribution in [0.3, 0.4) is 0 Å². The third kappa shape index (κ3) is 7.81. The van der Waals surface area contributed by atoms with Gasteiger partial charge >= 0.3 is 0 Å². The molecule has 7 nitrogen and oxygen atoms in total. The molecule has 1 heterocycles. The number of hydrogen-bond acceptors (Lipinski definition) is 5. The first kappa shape index (κ1) is 30.1. The van der Waals surface area contributed by atoms with Gasteiger partial charge in [-0.3, -0.25) is 4.79 Å². The van der Waals surface area contributed by atoms with Gasteiger partial charge in [0.05, 0.1) is 18.4 Å². The molecule has 210 valence electrons. The van der Waals surface area contributed by atoms with Gasteiger partial charge in [-0.25, -0.2) is 21.5 Å². The van der Waals surface area contributed by atoms with Crippen LogP contribution >= 0.6 is 0 Å². The minimum Gasteiger partial charge on any atom is -0.390 e. The number of sulfonamides is 1. The van der Waals surface area contributed by atoms with Gasteiger partial charge in [-0.15, -0.1) is 0 Å². The molecule has 1 fully saturated rings. The molecular formula is C28H39F2N3O4S. The van der Waals surface area contributed by atoms with Gasteiger partial charge in [0.1, 0.15) is 11.6 Å². The molecule has 0 spiro atoms. The van der Waals surface area contributed by atoms with E-state index in [0.29, 0.717) is 31.5 Å². The van der Waals surface area contributed by atoms with Gasteiger partial charge in [-0.1, -0.05) is 45.0 Å². The van der Waals surface area contributed by atoms with Gasteiger partial charge < -0.3 is 15.7 Å². The Kier molecular flexibility index (Phi) is 9.34. The maximum Gasteiger partial charge on any atom is 0.217 e. The Morgan fingerprint density at radius 1 is 1.11 bits per heavy atom. The standard InChI is InChI=1S/C28H39F2N3O4S/c1-19(34)32-25(15-20-13-23(29)17-24(30)14-20)26(35)18-31-28(9-11-33(12-10-28)38(5,36)37)22-8-6-7-21(16-22)27(2,3)4/h6-8,13-14,16-17,25-26,31,35H,9-12,15,18H2,1-5H3,(H,32,34)/t25-,26-/m0/s1. The molecule has 0 saturated carbocycles. The number of aliphatic hydroxyl groups is 1. The number of aliphatic hydroxyl groups excluding tert-OH is 1. The number of halogens is 2. The fraction of sp³-hybridized carbons (Fsp3) is 0.536. The van der Waals surface area contributed by atoms with Crippen LogP contribution in [0.25, 0.3) is 0 Å². The minimum atomic E-state index is -3.34. The van der Waals surface area contributed by atoms with Crippen LogP contribution in [0.5, 0.6) is 0 Å². The second-order valence-corrected chi connectivity index (χ2v) is 13.3. The maximum atomic E-state index is 13.8. The highest BCUT2D eigenvalue weighted by Crippen LogP contribution is 2.36. The average Bonchev–Trinajstić information content (AvgIpc) is 2.80. The van der Waals surface area contributed by atoms with Gasteiger partial charge in [0, 0.05) is 38.2 Å². The molecule has 1 aliphatic rings. The number of nitrogens with one attached hydrogen (secondary N) is 2. The van der Waals surface area contributed by atoms with Gasteiger partial charge in [0.25, 0.3) is 0 Å². The van der Waals surface area contributed by atoms with E-state index < -0.39 is 39.3 Å². The highest BCUT2D eigenvalue weighted by Gasteiger charge is 2.39. The quantitative estimate of drug-likeness (QED) is 0.445. The molecular weight excluding hydrogens is 512 g/mol. The van der Waals surface area contributed by atoms with E-state index in [0.717, 1.165) is 17.2 Å². The van der Waals surface area contributed by atoms with Crippen LogP contribution in [-0.2, 0) is 32.2 Å². The fourth-order valence-electron chi connectivity index (χ4n) is 5.02. The van der Waals surface area contributed by atoms with E-state index >= 15 is 0 Å². The average molecular weight is 552 g/mol. The zero-order valence-corrected chi connectivity index (χ0v) is 23.5. The molecule has 0 radical (unpaired) electrons. The van der Waals surface area contributed by atoms with Crippen LogP contribution in [0.1, 0.15) is 57.2 Å². The predicted octanol–water partition coefficient (Wildman–Crippen LogP) is 3.21. The lowest BCUT2D eigenvalue weighted by atomic mass is 9.78. The molecule has 10 heteroatoms. The van der Waals surface area contributed by atoms with Crippen LogP contribution in [0.15, 0.2) is 42.5 Å². The number of benzene rings is 2. The summed E-state index contributed by atoms with van der Waals surface area (Å²) in [7, 11) is -3.34. The Hall–Kier alpha value is -2.40. The summed E-state index contributed by atoms with van der Waals surface area (Å²) < 4.78 is 53.3. The van der Waals surface area contributed by atoms with E-state index in [1.165, 1.54) is 29.6 Å². The van der Waals surface area contributed by atoms with Crippen molar-refractivity contribution < 1.29 is 27.1 Å². The Morgan fingerprint density at radius 2 is 1.71 bits per heavy atom. The van der Waals surface area contributed by atoms with Crippen LogP contribution in [0.4, 0.5) is 8.78 Å². The van der Waals surface area contributed by atoms with Gasteiger partial charge in [-0.05, 0) is 53.5 Å². The zero-order chi connectivity index (χ0) is 28.3. The molecule has 2 aromatic carbocycles. The third-order valence-corrected chi connectivity index (χ3v) is 8.51. The highest BCUT2D eigenvalue weighted by atomic mass is 32.2. The van der Waals surface area contributed by atoms with Crippen molar-refractivity contribution in [1.29, 1.82) is 0 Å². The smallest absolute Gasteiger partial charge is 0.217 e. The summed E-state index contributed by atoms with van der Waals surface area (Å²) in [5.74, 6) is -1.84. The Balaban J connectivity index is 1.87. The Bertz CT molecular complexity index is 1220. The van der Waals surface area contributed by atoms with Crippen molar-refractivity contribution in [2.45, 2.75) is 70.1 Å². The third-order valence-electron chi connectivity index (χ3n) is 7.21. The maximum absolute atomic E-state index is 13.8. The summed E-state index contributed by atoms with van der Waals surface area (Å²) in [6.07, 6.45) is 1.12. The van der Waals surface area contributed by atoms with Crippen molar-refractivity contribution in [2.24, 2.45) is 0 Å². The monoisotopic (exact) mass is 551 g/mol. The molecule has 0 aromatic heterocycles. The van der Waals surface area contributed by atoms with Gasteiger partial charge in [-0.2, -0.15) is 0 Å². The van der Waals surface area contributed by atoms with Gasteiger partial charge in [0.2, 0.25) is 15.9 Å². The first-order chi connectivity index (χ1) is 17.6. The van der Waals surface area contributed by atoms with Crippen molar-refractivity contribution in [1.82, 2.24) is 14.9 Å². The Labute approximate surface area is 224 Å². The molecule has 1 amide bonds. The summed E-state index contributed by atoms with van der Waals surface area (Å²) in [5.41, 5.74) is 1.73.